The van der Waals surface area contributed by atoms with E-state index < -0.39 is 0 Å². The molecule has 1 aromatic rings. The Morgan fingerprint density at radius 2 is 2.35 bits per heavy atom. The van der Waals surface area contributed by atoms with Crippen molar-refractivity contribution in [3.05, 3.63) is 34.6 Å². The van der Waals surface area contributed by atoms with Crippen LogP contribution in [0.4, 0.5) is 4.39 Å². The van der Waals surface area contributed by atoms with Crippen molar-refractivity contribution in [3.63, 3.8) is 0 Å². The van der Waals surface area contributed by atoms with Gasteiger partial charge in [0, 0.05) is 29.8 Å². The van der Waals surface area contributed by atoms with Crippen LogP contribution in [-0.2, 0) is 11.3 Å². The van der Waals surface area contributed by atoms with E-state index in [1.165, 1.54) is 6.07 Å². The summed E-state index contributed by atoms with van der Waals surface area (Å²) in [6.07, 6.45) is 2.24. The lowest BCUT2D eigenvalue weighted by Crippen LogP contribution is -2.37. The molecule has 2 rings (SSSR count). The molecule has 0 radical (unpaired) electrons. The molecule has 1 heterocycles. The summed E-state index contributed by atoms with van der Waals surface area (Å²) in [4.78, 5) is 0. The number of nitrogens with one attached hydrogen (secondary N) is 1. The summed E-state index contributed by atoms with van der Waals surface area (Å²) in [6, 6.07) is 5.05. The van der Waals surface area contributed by atoms with E-state index in [4.69, 9.17) is 16.3 Å². The Balaban J connectivity index is 1.90. The molecule has 2 unspecified atom stereocenters. The summed E-state index contributed by atoms with van der Waals surface area (Å²) in [5.74, 6) is -0.206. The highest BCUT2D eigenvalue weighted by Crippen LogP contribution is 2.17. The summed E-state index contributed by atoms with van der Waals surface area (Å²) in [7, 11) is 0. The zero-order valence-electron chi connectivity index (χ0n) is 9.88. The first-order chi connectivity index (χ1) is 8.15. The fourth-order valence-corrected chi connectivity index (χ4v) is 2.31. The fourth-order valence-electron chi connectivity index (χ4n) is 2.12. The quantitative estimate of drug-likeness (QED) is 0.898. The summed E-state index contributed by atoms with van der Waals surface area (Å²) in [5, 5.41) is 3.93. The van der Waals surface area contributed by atoms with Crippen LogP contribution in [0.2, 0.25) is 5.02 Å². The van der Waals surface area contributed by atoms with Gasteiger partial charge in [-0.2, -0.15) is 0 Å². The molecule has 1 aliphatic rings. The van der Waals surface area contributed by atoms with E-state index in [0.717, 1.165) is 19.4 Å². The van der Waals surface area contributed by atoms with Crippen molar-refractivity contribution >= 4 is 11.6 Å². The molecular formula is C13H17ClFNO. The van der Waals surface area contributed by atoms with E-state index in [1.54, 1.807) is 12.1 Å². The van der Waals surface area contributed by atoms with Gasteiger partial charge in [0.25, 0.3) is 0 Å². The van der Waals surface area contributed by atoms with Gasteiger partial charge < -0.3 is 10.1 Å². The first-order valence-corrected chi connectivity index (χ1v) is 6.32. The monoisotopic (exact) mass is 257 g/mol. The molecule has 94 valence electrons. The third-order valence-corrected chi connectivity index (χ3v) is 3.31. The normalized spacial score (nSPS) is 24.9. The molecule has 1 fully saturated rings. The summed E-state index contributed by atoms with van der Waals surface area (Å²) in [5.41, 5.74) is 0.622. The van der Waals surface area contributed by atoms with Crippen LogP contribution in [0.5, 0.6) is 0 Å². The second kappa shape index (κ2) is 5.80. The van der Waals surface area contributed by atoms with Crippen LogP contribution in [0.3, 0.4) is 0 Å². The lowest BCUT2D eigenvalue weighted by atomic mass is 10.0. The van der Waals surface area contributed by atoms with Gasteiger partial charge in [0.2, 0.25) is 0 Å². The molecule has 1 N–H and O–H groups in total. The van der Waals surface area contributed by atoms with E-state index in [2.05, 4.69) is 12.2 Å². The number of benzene rings is 1. The smallest absolute Gasteiger partial charge is 0.127 e. The minimum atomic E-state index is -0.206. The van der Waals surface area contributed by atoms with Gasteiger partial charge in [-0.15, -0.1) is 0 Å². The molecule has 1 saturated heterocycles. The second-order valence-corrected chi connectivity index (χ2v) is 4.96. The molecule has 0 aliphatic carbocycles. The largest absolute Gasteiger partial charge is 0.378 e. The van der Waals surface area contributed by atoms with Gasteiger partial charge in [-0.05, 0) is 38.0 Å². The van der Waals surface area contributed by atoms with E-state index in [-0.39, 0.29) is 11.9 Å². The fraction of sp³-hybridized carbons (Fsp3) is 0.538. The third-order valence-electron chi connectivity index (χ3n) is 3.07. The summed E-state index contributed by atoms with van der Waals surface area (Å²) >= 11 is 5.85. The van der Waals surface area contributed by atoms with Crippen LogP contribution in [0.1, 0.15) is 25.3 Å². The Kier molecular flexibility index (Phi) is 4.37. The Hall–Kier alpha value is -0.640. The lowest BCUT2D eigenvalue weighted by molar-refractivity contribution is 0.0130. The van der Waals surface area contributed by atoms with Crippen molar-refractivity contribution in [1.82, 2.24) is 5.32 Å². The molecule has 0 bridgehead atoms. The molecule has 17 heavy (non-hydrogen) atoms. The minimum absolute atomic E-state index is 0.206. The molecular weight excluding hydrogens is 241 g/mol. The predicted molar refractivity (Wildman–Crippen MR) is 66.7 cm³/mol. The van der Waals surface area contributed by atoms with E-state index in [1.807, 2.05) is 0 Å². The molecule has 2 atom stereocenters. The number of hydrogen-bond donors (Lipinski definition) is 1. The summed E-state index contributed by atoms with van der Waals surface area (Å²) < 4.78 is 18.9. The maximum atomic E-state index is 13.5. The predicted octanol–water partition coefficient (Wildman–Crippen LogP) is 3.14. The molecule has 0 spiro atoms. The average molecular weight is 258 g/mol. The number of ether oxygens (including phenoxy) is 1. The molecule has 0 saturated carbocycles. The van der Waals surface area contributed by atoms with Crippen LogP contribution in [0, 0.1) is 5.82 Å². The Labute approximate surface area is 106 Å². The van der Waals surface area contributed by atoms with Gasteiger partial charge in [-0.25, -0.2) is 4.39 Å². The minimum Gasteiger partial charge on any atom is -0.378 e. The van der Waals surface area contributed by atoms with Crippen LogP contribution in [0.25, 0.3) is 0 Å². The van der Waals surface area contributed by atoms with E-state index in [0.29, 0.717) is 23.2 Å². The zero-order valence-corrected chi connectivity index (χ0v) is 10.6. The van der Waals surface area contributed by atoms with Crippen LogP contribution in [0.15, 0.2) is 18.2 Å². The molecule has 0 amide bonds. The first kappa shape index (κ1) is 12.8. The Bertz CT molecular complexity index is 386. The molecule has 4 heteroatoms. The molecule has 1 aromatic carbocycles. The topological polar surface area (TPSA) is 21.3 Å². The van der Waals surface area contributed by atoms with Gasteiger partial charge in [0.05, 0.1) is 6.10 Å². The Morgan fingerprint density at radius 3 is 3.12 bits per heavy atom. The van der Waals surface area contributed by atoms with Gasteiger partial charge in [0.1, 0.15) is 5.82 Å². The van der Waals surface area contributed by atoms with Crippen molar-refractivity contribution in [2.24, 2.45) is 0 Å². The van der Waals surface area contributed by atoms with Crippen molar-refractivity contribution in [2.75, 3.05) is 6.61 Å². The summed E-state index contributed by atoms with van der Waals surface area (Å²) in [6.45, 7) is 3.36. The van der Waals surface area contributed by atoms with Gasteiger partial charge >= 0.3 is 0 Å². The lowest BCUT2D eigenvalue weighted by Gasteiger charge is -2.28. The average Bonchev–Trinajstić information content (AvgIpc) is 2.30. The van der Waals surface area contributed by atoms with Crippen LogP contribution < -0.4 is 5.32 Å². The highest BCUT2D eigenvalue weighted by Gasteiger charge is 2.18. The SMILES string of the molecule is CC1CC(NCc2cc(Cl)ccc2F)CCO1. The molecule has 2 nitrogen and oxygen atoms in total. The van der Waals surface area contributed by atoms with Crippen molar-refractivity contribution < 1.29 is 9.13 Å². The third kappa shape index (κ3) is 3.66. The molecule has 0 aromatic heterocycles. The number of rotatable bonds is 3. The number of hydrogen-bond acceptors (Lipinski definition) is 2. The van der Waals surface area contributed by atoms with Crippen LogP contribution in [-0.4, -0.2) is 18.8 Å². The highest BCUT2D eigenvalue weighted by molar-refractivity contribution is 6.30. The first-order valence-electron chi connectivity index (χ1n) is 5.94. The standard InChI is InChI=1S/C13H17ClFNO/c1-9-6-12(4-5-17-9)16-8-10-7-11(14)2-3-13(10)15/h2-3,7,9,12,16H,4-6,8H2,1H3. The van der Waals surface area contributed by atoms with Crippen molar-refractivity contribution in [2.45, 2.75) is 38.5 Å². The van der Waals surface area contributed by atoms with Crippen molar-refractivity contribution in [3.8, 4) is 0 Å². The zero-order chi connectivity index (χ0) is 12.3. The van der Waals surface area contributed by atoms with Gasteiger partial charge in [-0.1, -0.05) is 11.6 Å². The molecule has 1 aliphatic heterocycles. The van der Waals surface area contributed by atoms with Gasteiger partial charge in [-0.3, -0.25) is 0 Å². The van der Waals surface area contributed by atoms with Gasteiger partial charge in [0.15, 0.2) is 0 Å². The van der Waals surface area contributed by atoms with E-state index >= 15 is 0 Å². The highest BCUT2D eigenvalue weighted by atomic mass is 35.5. The van der Waals surface area contributed by atoms with Crippen molar-refractivity contribution in [1.29, 1.82) is 0 Å². The number of halogens is 2. The Morgan fingerprint density at radius 1 is 1.53 bits per heavy atom. The van der Waals surface area contributed by atoms with Crippen LogP contribution >= 0.6 is 11.6 Å². The van der Waals surface area contributed by atoms with E-state index in [9.17, 15) is 4.39 Å². The maximum absolute atomic E-state index is 13.5. The second-order valence-electron chi connectivity index (χ2n) is 4.52. The maximum Gasteiger partial charge on any atom is 0.127 e.